The second-order valence-corrected chi connectivity index (χ2v) is 7.07. The van der Waals surface area contributed by atoms with Gasteiger partial charge in [0.15, 0.2) is 6.17 Å². The lowest BCUT2D eigenvalue weighted by Gasteiger charge is -2.42. The minimum absolute atomic E-state index is 0.155. The smallest absolute Gasteiger partial charge is 0.323 e. The van der Waals surface area contributed by atoms with Gasteiger partial charge in [-0.2, -0.15) is 0 Å². The number of carbonyl (C=O) groups excluding carboxylic acids is 3. The molecule has 3 rings (SSSR count). The highest BCUT2D eigenvalue weighted by Gasteiger charge is 2.40. The molecule has 0 radical (unpaired) electrons. The number of halogens is 2. The number of hydrogen-bond acceptors (Lipinski definition) is 4. The molecule has 0 aliphatic carbocycles. The van der Waals surface area contributed by atoms with Crippen LogP contribution in [-0.2, 0) is 4.79 Å². The van der Waals surface area contributed by atoms with E-state index in [1.54, 1.807) is 0 Å². The van der Waals surface area contributed by atoms with Crippen molar-refractivity contribution in [1.82, 2.24) is 15.1 Å². The van der Waals surface area contributed by atoms with Crippen LogP contribution in [0, 0.1) is 11.6 Å². The van der Waals surface area contributed by atoms with Crippen molar-refractivity contribution in [2.24, 2.45) is 5.73 Å². The van der Waals surface area contributed by atoms with E-state index in [0.29, 0.717) is 12.1 Å². The van der Waals surface area contributed by atoms with Crippen molar-refractivity contribution in [1.29, 1.82) is 0 Å². The van der Waals surface area contributed by atoms with E-state index in [1.807, 2.05) is 0 Å². The lowest BCUT2D eigenvalue weighted by atomic mass is 10.2. The first kappa shape index (κ1) is 22.9. The largest absolute Gasteiger partial charge is 0.351 e. The Labute approximate surface area is 183 Å². The van der Waals surface area contributed by atoms with Gasteiger partial charge in [-0.3, -0.25) is 14.6 Å². The maximum absolute atomic E-state index is 13.5. The first-order chi connectivity index (χ1) is 15.4. The number of rotatable bonds is 5. The molecular weight excluding hydrogens is 422 g/mol. The van der Waals surface area contributed by atoms with E-state index < -0.39 is 35.8 Å². The maximum atomic E-state index is 13.5. The molecule has 1 fully saturated rings. The van der Waals surface area contributed by atoms with Crippen LogP contribution >= 0.6 is 0 Å². The third kappa shape index (κ3) is 5.70. The summed E-state index contributed by atoms with van der Waals surface area (Å²) in [5.41, 5.74) is 6.00. The number of anilines is 2. The summed E-state index contributed by atoms with van der Waals surface area (Å²) in [7, 11) is 0. The lowest BCUT2D eigenvalue weighted by Crippen LogP contribution is -2.65. The summed E-state index contributed by atoms with van der Waals surface area (Å²) in [4.78, 5) is 41.1. The number of carbonyl (C=O) groups is 3. The number of nitrogens with zero attached hydrogens (tertiary/aromatic N) is 2. The van der Waals surface area contributed by atoms with Crippen molar-refractivity contribution >= 4 is 29.3 Å². The van der Waals surface area contributed by atoms with E-state index in [0.717, 1.165) is 6.07 Å². The fourth-order valence-corrected chi connectivity index (χ4v) is 3.31. The van der Waals surface area contributed by atoms with Gasteiger partial charge in [0.2, 0.25) is 0 Å². The fraction of sp³-hybridized carbons (Fsp3) is 0.286. The molecule has 1 saturated heterocycles. The van der Waals surface area contributed by atoms with Gasteiger partial charge in [0.05, 0.1) is 0 Å². The van der Waals surface area contributed by atoms with Gasteiger partial charge >= 0.3 is 12.1 Å². The Kier molecular flexibility index (Phi) is 7.55. The Hall–Kier alpha value is -3.73. The highest BCUT2D eigenvalue weighted by atomic mass is 19.1. The highest BCUT2D eigenvalue weighted by Crippen LogP contribution is 2.20. The molecule has 0 aromatic heterocycles. The zero-order chi connectivity index (χ0) is 23.1. The van der Waals surface area contributed by atoms with Crippen molar-refractivity contribution in [3.8, 4) is 0 Å². The van der Waals surface area contributed by atoms with Crippen LogP contribution in [0.3, 0.4) is 0 Å². The number of hydrogen-bond donors (Lipinski definition) is 4. The van der Waals surface area contributed by atoms with Gasteiger partial charge in [-0.1, -0.05) is 6.07 Å². The van der Waals surface area contributed by atoms with Crippen molar-refractivity contribution in [3.05, 3.63) is 60.2 Å². The quantitative estimate of drug-likeness (QED) is 0.563. The number of nitrogens with two attached hydrogens (primary N) is 1. The van der Waals surface area contributed by atoms with Gasteiger partial charge < -0.3 is 21.7 Å². The van der Waals surface area contributed by atoms with Gasteiger partial charge in [-0.25, -0.2) is 18.4 Å². The van der Waals surface area contributed by atoms with Crippen molar-refractivity contribution in [3.63, 3.8) is 0 Å². The summed E-state index contributed by atoms with van der Waals surface area (Å²) in [6, 6.07) is 9.18. The summed E-state index contributed by atoms with van der Waals surface area (Å²) in [6.07, 6.45) is -0.849. The van der Waals surface area contributed by atoms with Gasteiger partial charge in [0.1, 0.15) is 11.6 Å². The van der Waals surface area contributed by atoms with E-state index in [4.69, 9.17) is 5.73 Å². The Balaban J connectivity index is 1.81. The molecule has 1 atom stereocenters. The molecule has 1 heterocycles. The summed E-state index contributed by atoms with van der Waals surface area (Å²) in [5, 5.41) is 7.75. The topological polar surface area (TPSA) is 120 Å². The van der Waals surface area contributed by atoms with Crippen LogP contribution in [0.25, 0.3) is 0 Å². The molecule has 2 aromatic rings. The average Bonchev–Trinajstić information content (AvgIpc) is 2.78. The first-order valence-electron chi connectivity index (χ1n) is 10.0. The Bertz CT molecular complexity index is 972. The molecular formula is C21H24F2N6O3. The first-order valence-corrected chi connectivity index (χ1v) is 10.0. The molecule has 0 bridgehead atoms. The molecule has 0 saturated carbocycles. The monoisotopic (exact) mass is 446 g/mol. The average molecular weight is 446 g/mol. The van der Waals surface area contributed by atoms with Gasteiger partial charge in [0, 0.05) is 37.6 Å². The Morgan fingerprint density at radius 2 is 1.53 bits per heavy atom. The minimum Gasteiger partial charge on any atom is -0.351 e. The van der Waals surface area contributed by atoms with Gasteiger partial charge in [-0.05, 0) is 48.9 Å². The Morgan fingerprint density at radius 1 is 0.906 bits per heavy atom. The summed E-state index contributed by atoms with van der Waals surface area (Å²) < 4.78 is 26.6. The van der Waals surface area contributed by atoms with Crippen molar-refractivity contribution in [2.75, 3.05) is 36.8 Å². The Morgan fingerprint density at radius 3 is 2.12 bits per heavy atom. The summed E-state index contributed by atoms with van der Waals surface area (Å²) in [5.74, 6) is -1.57. The number of urea groups is 2. The second kappa shape index (κ2) is 10.5. The predicted molar refractivity (Wildman–Crippen MR) is 115 cm³/mol. The van der Waals surface area contributed by atoms with E-state index in [-0.39, 0.29) is 31.9 Å². The van der Waals surface area contributed by atoms with Crippen LogP contribution < -0.4 is 21.7 Å². The van der Waals surface area contributed by atoms with Gasteiger partial charge in [0.25, 0.3) is 5.91 Å². The third-order valence-electron chi connectivity index (χ3n) is 4.76. The number of amides is 5. The van der Waals surface area contributed by atoms with Crippen molar-refractivity contribution < 1.29 is 23.2 Å². The molecule has 9 nitrogen and oxygen atoms in total. The standard InChI is InChI=1S/C21H24F2N6O3/c22-14-5-7-16(8-6-14)26-20(31)28-11-2-12-29(19(28)18(30)25-10-9-24)21(32)27-17-4-1-3-15(23)13-17/h1,3-8,13,19H,2,9-12,24H2,(H,25,30)(H,26,31)(H,27,32). The van der Waals surface area contributed by atoms with Gasteiger partial charge in [-0.15, -0.1) is 0 Å². The van der Waals surface area contributed by atoms with Crippen LogP contribution in [-0.4, -0.2) is 60.1 Å². The van der Waals surface area contributed by atoms with Crippen LogP contribution in [0.15, 0.2) is 48.5 Å². The molecule has 1 aliphatic heterocycles. The number of nitrogens with one attached hydrogen (secondary N) is 3. The fourth-order valence-electron chi connectivity index (χ4n) is 3.31. The van der Waals surface area contributed by atoms with Crippen LogP contribution in [0.5, 0.6) is 0 Å². The van der Waals surface area contributed by atoms with Crippen LogP contribution in [0.4, 0.5) is 29.7 Å². The third-order valence-corrected chi connectivity index (χ3v) is 4.76. The highest BCUT2D eigenvalue weighted by molar-refractivity contribution is 5.97. The molecule has 1 unspecified atom stereocenters. The number of benzene rings is 2. The molecule has 1 aliphatic rings. The molecule has 170 valence electrons. The predicted octanol–water partition coefficient (Wildman–Crippen LogP) is 2.14. The molecule has 5 amide bonds. The summed E-state index contributed by atoms with van der Waals surface area (Å²) in [6.45, 7) is 0.734. The van der Waals surface area contributed by atoms with Crippen LogP contribution in [0.1, 0.15) is 6.42 Å². The maximum Gasteiger partial charge on any atom is 0.323 e. The SMILES string of the molecule is NCCNC(=O)C1N(C(=O)Nc2ccc(F)cc2)CCCN1C(=O)Nc1cccc(F)c1. The lowest BCUT2D eigenvalue weighted by molar-refractivity contribution is -0.131. The zero-order valence-corrected chi connectivity index (χ0v) is 17.2. The molecule has 11 heteroatoms. The second-order valence-electron chi connectivity index (χ2n) is 7.07. The molecule has 2 aromatic carbocycles. The molecule has 5 N–H and O–H groups in total. The van der Waals surface area contributed by atoms with E-state index in [2.05, 4.69) is 16.0 Å². The molecule has 32 heavy (non-hydrogen) atoms. The normalized spacial score (nSPS) is 15.8. The molecule has 0 spiro atoms. The minimum atomic E-state index is -1.26. The van der Waals surface area contributed by atoms with Crippen LogP contribution in [0.2, 0.25) is 0 Å². The summed E-state index contributed by atoms with van der Waals surface area (Å²) >= 11 is 0. The van der Waals surface area contributed by atoms with E-state index in [9.17, 15) is 23.2 Å². The van der Waals surface area contributed by atoms with Crippen molar-refractivity contribution in [2.45, 2.75) is 12.6 Å². The van der Waals surface area contributed by atoms with E-state index in [1.165, 1.54) is 52.3 Å². The van der Waals surface area contributed by atoms with E-state index >= 15 is 0 Å². The zero-order valence-electron chi connectivity index (χ0n) is 17.2.